The van der Waals surface area contributed by atoms with Gasteiger partial charge in [0, 0.05) is 95.7 Å². The number of rotatable bonds is 15. The number of furan rings is 1. The van der Waals surface area contributed by atoms with Gasteiger partial charge >= 0.3 is 0 Å². The van der Waals surface area contributed by atoms with Crippen LogP contribution < -0.4 is 0 Å². The Bertz CT molecular complexity index is 7300. The zero-order valence-electron chi connectivity index (χ0n) is 63.2. The second-order valence-electron chi connectivity index (χ2n) is 30.0. The average Bonchev–Trinajstić information content (AvgIpc) is 1.68. The molecule has 5 aromatic heterocycles. The summed E-state index contributed by atoms with van der Waals surface area (Å²) in [6.45, 7) is 10.6. The highest BCUT2D eigenvalue weighted by Crippen LogP contribution is 2.52. The first-order valence-electron chi connectivity index (χ1n) is 38.8. The summed E-state index contributed by atoms with van der Waals surface area (Å²) in [7, 11) is 0. The molecule has 0 spiro atoms. The van der Waals surface area contributed by atoms with E-state index in [4.69, 9.17) is 34.3 Å². The number of benzene rings is 15. The minimum absolute atomic E-state index is 0.0795. The fraction of sp³-hybridized carbons (Fsp3) is 0.0377. The van der Waals surface area contributed by atoms with E-state index in [0.717, 1.165) is 147 Å². The van der Waals surface area contributed by atoms with E-state index >= 15 is 0 Å². The molecule has 1 aliphatic rings. The van der Waals surface area contributed by atoms with E-state index in [1.54, 1.807) is 28.7 Å². The molecule has 20 aromatic rings. The van der Waals surface area contributed by atoms with Crippen LogP contribution >= 0.6 is 22.7 Å². The Balaban J connectivity index is 0.681. The number of aromatic nitrogens is 6. The van der Waals surface area contributed by atoms with Gasteiger partial charge in [0.05, 0.1) is 0 Å². The van der Waals surface area contributed by atoms with Crippen LogP contribution in [-0.4, -0.2) is 29.9 Å². The van der Waals surface area contributed by atoms with Crippen LogP contribution in [-0.2, 0) is 5.41 Å². The topological polar surface area (TPSA) is 90.5 Å². The minimum atomic E-state index is -0.0795. The van der Waals surface area contributed by atoms with Crippen LogP contribution in [0.1, 0.15) is 36.3 Å². The Morgan fingerprint density at radius 2 is 0.713 bits per heavy atom. The summed E-state index contributed by atoms with van der Waals surface area (Å²) in [5, 5.41) is 5.70. The SMILES string of the molecule is C=C/C=C\c1oc2ccc(-c3ccc(-c4ccc(-c5nc(-c6ccccc6-c6ccccc6)nc(-c6ccc(-c7cccc(-c8nc(-c9ccc(-c%10ccc(-c%11ccc%12c(c%11)C(C)(C)c%11ccccc%11-%12)cc%10)cc9)nc(-c9cccc%10c9sc9ccccc9%10)n8)c7-c7ccccc7)c7c6sc6ccccc67)n5)cc4)cc3)cc2c1C. The molecule has 0 saturated carbocycles. The van der Waals surface area contributed by atoms with E-state index in [9.17, 15) is 0 Å². The van der Waals surface area contributed by atoms with Gasteiger partial charge in [-0.3, -0.25) is 0 Å². The number of hydrogen-bond acceptors (Lipinski definition) is 9. The Morgan fingerprint density at radius 1 is 0.296 bits per heavy atom. The molecule has 9 heteroatoms. The molecular formula is C106H70N6OS2. The Labute approximate surface area is 674 Å². The molecule has 0 radical (unpaired) electrons. The number of hydrogen-bond donors (Lipinski definition) is 0. The lowest BCUT2D eigenvalue weighted by molar-refractivity contribution is 0.601. The molecular weight excluding hydrogens is 1440 g/mol. The first kappa shape index (κ1) is 68.8. The molecule has 7 nitrogen and oxygen atoms in total. The Hall–Kier alpha value is -14.2. The predicted octanol–water partition coefficient (Wildman–Crippen LogP) is 29.0. The van der Waals surface area contributed by atoms with Gasteiger partial charge in [-0.2, -0.15) is 0 Å². The molecule has 542 valence electrons. The van der Waals surface area contributed by atoms with Crippen molar-refractivity contribution in [2.45, 2.75) is 26.2 Å². The maximum atomic E-state index is 6.18. The van der Waals surface area contributed by atoms with Gasteiger partial charge < -0.3 is 4.42 Å². The number of allylic oxidation sites excluding steroid dienone is 2. The van der Waals surface area contributed by atoms with Crippen molar-refractivity contribution >= 4 is 80.1 Å². The lowest BCUT2D eigenvalue weighted by Crippen LogP contribution is -2.14. The summed E-state index contributed by atoms with van der Waals surface area (Å²) < 4.78 is 10.7. The van der Waals surface area contributed by atoms with E-state index in [1.165, 1.54) is 48.9 Å². The van der Waals surface area contributed by atoms with Gasteiger partial charge in [0.1, 0.15) is 11.3 Å². The minimum Gasteiger partial charge on any atom is -0.456 e. The molecule has 15 aromatic carbocycles. The van der Waals surface area contributed by atoms with Crippen molar-refractivity contribution in [3.63, 3.8) is 0 Å². The van der Waals surface area contributed by atoms with E-state index in [0.29, 0.717) is 34.9 Å². The highest BCUT2D eigenvalue weighted by atomic mass is 32.1. The smallest absolute Gasteiger partial charge is 0.165 e. The maximum Gasteiger partial charge on any atom is 0.165 e. The van der Waals surface area contributed by atoms with Crippen LogP contribution in [0, 0.1) is 6.92 Å². The molecule has 0 saturated heterocycles. The van der Waals surface area contributed by atoms with Gasteiger partial charge in [-0.15, -0.1) is 22.7 Å². The highest BCUT2D eigenvalue weighted by molar-refractivity contribution is 7.26. The third kappa shape index (κ3) is 12.1. The van der Waals surface area contributed by atoms with Crippen molar-refractivity contribution in [3.8, 4) is 157 Å². The molecule has 0 fully saturated rings. The average molecular weight is 1510 g/mol. The van der Waals surface area contributed by atoms with Gasteiger partial charge in [-0.25, -0.2) is 29.9 Å². The van der Waals surface area contributed by atoms with Crippen LogP contribution in [0.4, 0.5) is 0 Å². The Morgan fingerprint density at radius 3 is 1.36 bits per heavy atom. The maximum absolute atomic E-state index is 6.18. The molecule has 0 amide bonds. The second kappa shape index (κ2) is 28.2. The van der Waals surface area contributed by atoms with Crippen LogP contribution in [0.15, 0.2) is 363 Å². The van der Waals surface area contributed by atoms with Crippen LogP contribution in [0.5, 0.6) is 0 Å². The lowest BCUT2D eigenvalue weighted by atomic mass is 9.81. The normalized spacial score (nSPS) is 12.4. The summed E-state index contributed by atoms with van der Waals surface area (Å²) >= 11 is 3.53. The number of nitrogens with zero attached hydrogens (tertiary/aromatic N) is 6. The molecule has 0 bridgehead atoms. The monoisotopic (exact) mass is 1510 g/mol. The number of thiophene rings is 2. The largest absolute Gasteiger partial charge is 0.456 e. The molecule has 1 aliphatic carbocycles. The van der Waals surface area contributed by atoms with Crippen molar-refractivity contribution in [2.75, 3.05) is 0 Å². The van der Waals surface area contributed by atoms with Crippen molar-refractivity contribution in [3.05, 3.63) is 381 Å². The van der Waals surface area contributed by atoms with Gasteiger partial charge in [0.15, 0.2) is 34.9 Å². The zero-order valence-corrected chi connectivity index (χ0v) is 64.8. The quantitative estimate of drug-likeness (QED) is 0.0945. The lowest BCUT2D eigenvalue weighted by Gasteiger charge is -2.22. The Kier molecular flexibility index (Phi) is 16.9. The zero-order chi connectivity index (χ0) is 76.8. The van der Waals surface area contributed by atoms with E-state index in [1.807, 2.05) is 18.2 Å². The summed E-state index contributed by atoms with van der Waals surface area (Å²) in [6, 6.07) is 122. The first-order valence-corrected chi connectivity index (χ1v) is 40.4. The summed E-state index contributed by atoms with van der Waals surface area (Å²) in [5.41, 5.74) is 27.9. The molecule has 5 heterocycles. The van der Waals surface area contributed by atoms with Crippen molar-refractivity contribution in [1.29, 1.82) is 0 Å². The fourth-order valence-corrected chi connectivity index (χ4v) is 19.5. The molecule has 0 unspecified atom stereocenters. The van der Waals surface area contributed by atoms with Gasteiger partial charge in [-0.1, -0.05) is 330 Å². The number of fused-ring (bicyclic) bond motifs is 10. The third-order valence-electron chi connectivity index (χ3n) is 22.9. The molecule has 115 heavy (non-hydrogen) atoms. The van der Waals surface area contributed by atoms with Crippen LogP contribution in [0.2, 0.25) is 0 Å². The predicted molar refractivity (Wildman–Crippen MR) is 481 cm³/mol. The third-order valence-corrected chi connectivity index (χ3v) is 25.3. The first-order chi connectivity index (χ1) is 56.6. The molecule has 0 atom stereocenters. The van der Waals surface area contributed by atoms with Gasteiger partial charge in [-0.05, 0) is 150 Å². The van der Waals surface area contributed by atoms with Crippen molar-refractivity contribution in [1.82, 2.24) is 29.9 Å². The van der Waals surface area contributed by atoms with E-state index < -0.39 is 0 Å². The number of aryl methyl sites for hydroxylation is 1. The van der Waals surface area contributed by atoms with Gasteiger partial charge in [0.2, 0.25) is 0 Å². The summed E-state index contributed by atoms with van der Waals surface area (Å²) in [6.07, 6.45) is 5.63. The van der Waals surface area contributed by atoms with Crippen molar-refractivity contribution < 1.29 is 4.42 Å². The summed E-state index contributed by atoms with van der Waals surface area (Å²) in [4.78, 5) is 33.2. The molecule has 21 rings (SSSR count). The molecule has 0 N–H and O–H groups in total. The van der Waals surface area contributed by atoms with E-state index in [2.05, 4.69) is 361 Å². The highest BCUT2D eigenvalue weighted by Gasteiger charge is 2.35. The van der Waals surface area contributed by atoms with Gasteiger partial charge in [0.25, 0.3) is 0 Å². The second-order valence-corrected chi connectivity index (χ2v) is 32.1. The van der Waals surface area contributed by atoms with Crippen LogP contribution in [0.25, 0.3) is 215 Å². The summed E-state index contributed by atoms with van der Waals surface area (Å²) in [5.74, 6) is 4.30. The fourth-order valence-electron chi connectivity index (χ4n) is 17.0. The standard InChI is InChI=1S/C106H70N6OS2/c1-5-6-37-92-64(2)89-62-75(57-61-93(89)113-92)69-44-40-65(41-45-69)67-48-52-73(53-49-67)100-107-102(84-30-14-13-27-77(84)71-23-9-7-10-24-71)111-105(110-100)88-60-59-82(97-85-31-17-20-39-95(85)115-99(88)97)81-32-21-34-86(96(81)72-25-11-8-12-26-72)103-108-101(109-104(112-103)87-35-22-33-83-80-29-16-19-38-94(80)114-98(83)87)74-54-50-68(51-55-74)66-42-46-70(47-43-66)76-56-58-79-78-28-15-18-36-90(78)106(3,4)91(79)63-76/h5-63H,1H2,2-4H3/b37-6-. The van der Waals surface area contributed by atoms with Crippen LogP contribution in [0.3, 0.4) is 0 Å². The van der Waals surface area contributed by atoms with E-state index in [-0.39, 0.29) is 5.41 Å². The van der Waals surface area contributed by atoms with Crippen molar-refractivity contribution in [2.24, 2.45) is 0 Å². The molecule has 0 aliphatic heterocycles.